The van der Waals surface area contributed by atoms with E-state index >= 15 is 0 Å². The van der Waals surface area contributed by atoms with E-state index < -0.39 is 5.97 Å². The van der Waals surface area contributed by atoms with E-state index in [4.69, 9.17) is 5.11 Å². The van der Waals surface area contributed by atoms with E-state index in [1.165, 1.54) is 11.3 Å². The molecule has 1 aromatic carbocycles. The number of hydrogen-bond acceptors (Lipinski definition) is 4. The number of nitrogens with zero attached hydrogens (tertiary/aromatic N) is 3. The van der Waals surface area contributed by atoms with Gasteiger partial charge in [0.25, 0.3) is 0 Å². The van der Waals surface area contributed by atoms with E-state index in [2.05, 4.69) is 28.4 Å². The maximum absolute atomic E-state index is 10.9. The minimum Gasteiger partial charge on any atom is -0.478 e. The monoisotopic (exact) mass is 342 g/mol. The van der Waals surface area contributed by atoms with Crippen molar-refractivity contribution in [1.29, 1.82) is 0 Å². The molecule has 1 saturated heterocycles. The summed E-state index contributed by atoms with van der Waals surface area (Å²) in [4.78, 5) is 13.3. The number of anilines is 1. The lowest BCUT2D eigenvalue weighted by molar-refractivity contribution is 0.0697. The number of carboxylic acid groups (broad SMARTS) is 1. The van der Waals surface area contributed by atoms with Crippen LogP contribution in [0.5, 0.6) is 0 Å². The molecule has 0 unspecified atom stereocenters. The third-order valence-electron chi connectivity index (χ3n) is 4.88. The largest absolute Gasteiger partial charge is 0.478 e. The number of carbonyl (C=O) groups is 1. The number of aryl methyl sites for hydroxylation is 2. The molecule has 134 valence electrons. The van der Waals surface area contributed by atoms with E-state index in [9.17, 15) is 4.79 Å². The lowest BCUT2D eigenvalue weighted by Gasteiger charge is -2.34. The van der Waals surface area contributed by atoms with Gasteiger partial charge in [-0.15, -0.1) is 0 Å². The standard InChI is InChI=1S/C19H26N4O2/c1-3-18-15(13-22(2)21-18)12-20-16-8-10-23(11-9-16)17-6-4-14(5-7-17)19(24)25/h4-7,13,16,20H,3,8-12H2,1-2H3,(H,24,25). The van der Waals surface area contributed by atoms with Crippen LogP contribution in [-0.4, -0.2) is 40.0 Å². The first-order valence-electron chi connectivity index (χ1n) is 8.90. The lowest BCUT2D eigenvalue weighted by Crippen LogP contribution is -2.42. The smallest absolute Gasteiger partial charge is 0.335 e. The van der Waals surface area contributed by atoms with Gasteiger partial charge in [0, 0.05) is 50.2 Å². The van der Waals surface area contributed by atoms with Crippen LogP contribution >= 0.6 is 0 Å². The van der Waals surface area contributed by atoms with E-state index in [1.807, 2.05) is 23.9 Å². The van der Waals surface area contributed by atoms with Crippen molar-refractivity contribution in [2.75, 3.05) is 18.0 Å². The molecule has 2 heterocycles. The Morgan fingerprint density at radius 1 is 1.28 bits per heavy atom. The second-order valence-corrected chi connectivity index (χ2v) is 6.62. The van der Waals surface area contributed by atoms with Crippen LogP contribution in [0.4, 0.5) is 5.69 Å². The first-order chi connectivity index (χ1) is 12.1. The van der Waals surface area contributed by atoms with E-state index in [0.29, 0.717) is 11.6 Å². The van der Waals surface area contributed by atoms with Crippen LogP contribution in [0.3, 0.4) is 0 Å². The second-order valence-electron chi connectivity index (χ2n) is 6.62. The Kier molecular flexibility index (Phi) is 5.38. The fourth-order valence-electron chi connectivity index (χ4n) is 3.44. The Labute approximate surface area is 148 Å². The average molecular weight is 342 g/mol. The third-order valence-corrected chi connectivity index (χ3v) is 4.88. The Morgan fingerprint density at radius 3 is 2.56 bits per heavy atom. The number of hydrogen-bond donors (Lipinski definition) is 2. The van der Waals surface area contributed by atoms with Crippen molar-refractivity contribution in [2.24, 2.45) is 7.05 Å². The molecule has 6 heteroatoms. The van der Waals surface area contributed by atoms with Crippen LogP contribution in [0.2, 0.25) is 0 Å². The maximum Gasteiger partial charge on any atom is 0.335 e. The van der Waals surface area contributed by atoms with Gasteiger partial charge in [-0.25, -0.2) is 4.79 Å². The molecule has 1 fully saturated rings. The number of rotatable bonds is 6. The minimum absolute atomic E-state index is 0.337. The molecule has 25 heavy (non-hydrogen) atoms. The maximum atomic E-state index is 10.9. The molecule has 0 amide bonds. The summed E-state index contributed by atoms with van der Waals surface area (Å²) >= 11 is 0. The fraction of sp³-hybridized carbons (Fsp3) is 0.474. The zero-order valence-corrected chi connectivity index (χ0v) is 14.9. The van der Waals surface area contributed by atoms with Gasteiger partial charge in [-0.1, -0.05) is 6.92 Å². The first kappa shape index (κ1) is 17.5. The molecule has 1 aliphatic rings. The molecule has 1 aliphatic heterocycles. The molecule has 0 saturated carbocycles. The third kappa shape index (κ3) is 4.20. The predicted molar refractivity (Wildman–Crippen MR) is 98.1 cm³/mol. The minimum atomic E-state index is -0.878. The van der Waals surface area contributed by atoms with Crippen LogP contribution in [-0.2, 0) is 20.0 Å². The van der Waals surface area contributed by atoms with Gasteiger partial charge in [0.05, 0.1) is 11.3 Å². The SMILES string of the molecule is CCc1nn(C)cc1CNC1CCN(c2ccc(C(=O)O)cc2)CC1. The predicted octanol–water partition coefficient (Wildman–Crippen LogP) is 2.44. The topological polar surface area (TPSA) is 70.4 Å². The van der Waals surface area contributed by atoms with Crippen molar-refractivity contribution < 1.29 is 9.90 Å². The number of aromatic nitrogens is 2. The Hall–Kier alpha value is -2.34. The highest BCUT2D eigenvalue weighted by Gasteiger charge is 2.20. The molecule has 0 aliphatic carbocycles. The summed E-state index contributed by atoms with van der Waals surface area (Å²) in [5, 5.41) is 17.1. The number of carboxylic acids is 1. The normalized spacial score (nSPS) is 15.5. The number of piperidine rings is 1. The van der Waals surface area contributed by atoms with Crippen molar-refractivity contribution >= 4 is 11.7 Å². The Bertz CT molecular complexity index is 716. The molecule has 6 nitrogen and oxygen atoms in total. The summed E-state index contributed by atoms with van der Waals surface area (Å²) < 4.78 is 1.89. The van der Waals surface area contributed by atoms with Gasteiger partial charge in [-0.2, -0.15) is 5.10 Å². The molecular formula is C19H26N4O2. The molecule has 3 rings (SSSR count). The zero-order valence-electron chi connectivity index (χ0n) is 14.9. The van der Waals surface area contributed by atoms with Crippen LogP contribution in [0.1, 0.15) is 41.4 Å². The average Bonchev–Trinajstić information content (AvgIpc) is 3.00. The molecular weight excluding hydrogens is 316 g/mol. The highest BCUT2D eigenvalue weighted by Crippen LogP contribution is 2.21. The van der Waals surface area contributed by atoms with Gasteiger partial charge >= 0.3 is 5.97 Å². The number of nitrogens with one attached hydrogen (secondary N) is 1. The molecule has 2 aromatic rings. The van der Waals surface area contributed by atoms with Gasteiger partial charge < -0.3 is 15.3 Å². The van der Waals surface area contributed by atoms with Gasteiger partial charge in [-0.05, 0) is 43.5 Å². The summed E-state index contributed by atoms with van der Waals surface area (Å²) in [6, 6.07) is 7.67. The fourth-order valence-corrected chi connectivity index (χ4v) is 3.44. The van der Waals surface area contributed by atoms with Gasteiger partial charge in [0.2, 0.25) is 0 Å². The summed E-state index contributed by atoms with van der Waals surface area (Å²) in [6.45, 7) is 4.98. The molecule has 0 bridgehead atoms. The van der Waals surface area contributed by atoms with E-state index in [-0.39, 0.29) is 0 Å². The zero-order chi connectivity index (χ0) is 17.8. The highest BCUT2D eigenvalue weighted by molar-refractivity contribution is 5.88. The second kappa shape index (κ2) is 7.70. The highest BCUT2D eigenvalue weighted by atomic mass is 16.4. The van der Waals surface area contributed by atoms with Crippen molar-refractivity contribution in [3.63, 3.8) is 0 Å². The van der Waals surface area contributed by atoms with Crippen LogP contribution in [0, 0.1) is 0 Å². The summed E-state index contributed by atoms with van der Waals surface area (Å²) in [5.74, 6) is -0.878. The van der Waals surface area contributed by atoms with E-state index in [0.717, 1.165) is 44.6 Å². The summed E-state index contributed by atoms with van der Waals surface area (Å²) in [6.07, 6.45) is 5.23. The molecule has 1 aromatic heterocycles. The number of benzene rings is 1. The molecule has 0 atom stereocenters. The lowest BCUT2D eigenvalue weighted by atomic mass is 10.0. The summed E-state index contributed by atoms with van der Waals surface area (Å²) in [7, 11) is 1.97. The van der Waals surface area contributed by atoms with Crippen LogP contribution in [0.25, 0.3) is 0 Å². The van der Waals surface area contributed by atoms with Crippen molar-refractivity contribution in [2.45, 2.75) is 38.8 Å². The van der Waals surface area contributed by atoms with Crippen molar-refractivity contribution in [1.82, 2.24) is 15.1 Å². The first-order valence-corrected chi connectivity index (χ1v) is 8.90. The van der Waals surface area contributed by atoms with Gasteiger partial charge in [0.1, 0.15) is 0 Å². The summed E-state index contributed by atoms with van der Waals surface area (Å²) in [5.41, 5.74) is 3.90. The van der Waals surface area contributed by atoms with Crippen LogP contribution < -0.4 is 10.2 Å². The Balaban J connectivity index is 1.50. The molecule has 2 N–H and O–H groups in total. The van der Waals surface area contributed by atoms with E-state index in [1.54, 1.807) is 12.1 Å². The van der Waals surface area contributed by atoms with Gasteiger partial charge in [0.15, 0.2) is 0 Å². The Morgan fingerprint density at radius 2 is 1.96 bits per heavy atom. The quantitative estimate of drug-likeness (QED) is 0.844. The molecule has 0 spiro atoms. The van der Waals surface area contributed by atoms with Crippen LogP contribution in [0.15, 0.2) is 30.5 Å². The number of aromatic carboxylic acids is 1. The van der Waals surface area contributed by atoms with Gasteiger partial charge in [-0.3, -0.25) is 4.68 Å². The molecule has 0 radical (unpaired) electrons. The van der Waals surface area contributed by atoms with Crippen molar-refractivity contribution in [3.8, 4) is 0 Å². The van der Waals surface area contributed by atoms with Crippen molar-refractivity contribution in [3.05, 3.63) is 47.3 Å².